The van der Waals surface area contributed by atoms with Crippen LogP contribution in [0.15, 0.2) is 0 Å². The topological polar surface area (TPSA) is 60.9 Å². The molecular weight excluding hydrogens is 244 g/mol. The van der Waals surface area contributed by atoms with Crippen molar-refractivity contribution in [1.82, 2.24) is 9.80 Å². The van der Waals surface area contributed by atoms with Crippen LogP contribution in [-0.4, -0.2) is 59.0 Å². The molecular formula is C14H26N2O3. The number of amides is 1. The summed E-state index contributed by atoms with van der Waals surface area (Å²) in [5, 5.41) is 9.02. The van der Waals surface area contributed by atoms with Gasteiger partial charge in [-0.1, -0.05) is 20.3 Å². The Morgan fingerprint density at radius 3 is 2.05 bits per heavy atom. The molecule has 2 atom stereocenters. The molecule has 1 fully saturated rings. The lowest BCUT2D eigenvalue weighted by Crippen LogP contribution is -2.54. The molecule has 1 heterocycles. The van der Waals surface area contributed by atoms with Gasteiger partial charge in [0.2, 0.25) is 5.91 Å². The van der Waals surface area contributed by atoms with Crippen LogP contribution in [0, 0.1) is 5.92 Å². The summed E-state index contributed by atoms with van der Waals surface area (Å²) in [7, 11) is 1.58. The first kappa shape index (κ1) is 16.0. The molecule has 0 saturated carbocycles. The van der Waals surface area contributed by atoms with E-state index in [2.05, 4.69) is 4.90 Å². The van der Waals surface area contributed by atoms with Crippen molar-refractivity contribution in [2.45, 2.75) is 52.1 Å². The van der Waals surface area contributed by atoms with Gasteiger partial charge in [0, 0.05) is 7.05 Å². The van der Waals surface area contributed by atoms with E-state index in [4.69, 9.17) is 5.11 Å². The van der Waals surface area contributed by atoms with Gasteiger partial charge in [-0.2, -0.15) is 0 Å². The molecule has 0 radical (unpaired) electrons. The van der Waals surface area contributed by atoms with Gasteiger partial charge in [0.25, 0.3) is 0 Å². The zero-order valence-electron chi connectivity index (χ0n) is 12.4. The highest BCUT2D eigenvalue weighted by Gasteiger charge is 2.34. The Kier molecular flexibility index (Phi) is 5.79. The first-order valence-electron chi connectivity index (χ1n) is 7.09. The van der Waals surface area contributed by atoms with E-state index in [1.165, 1.54) is 11.3 Å². The summed E-state index contributed by atoms with van der Waals surface area (Å²) in [5.41, 5.74) is 0. The lowest BCUT2D eigenvalue weighted by molar-refractivity contribution is -0.151. The summed E-state index contributed by atoms with van der Waals surface area (Å²) in [4.78, 5) is 27.1. The Bertz CT molecular complexity index is 325. The van der Waals surface area contributed by atoms with E-state index in [0.29, 0.717) is 0 Å². The minimum atomic E-state index is -0.961. The van der Waals surface area contributed by atoms with Crippen LogP contribution in [-0.2, 0) is 9.59 Å². The molecule has 1 amide bonds. The number of likely N-dealkylation sites (tertiary alicyclic amines) is 1. The van der Waals surface area contributed by atoms with Crippen molar-refractivity contribution in [2.75, 3.05) is 20.1 Å². The maximum absolute atomic E-state index is 12.6. The number of carboxylic acids is 1. The number of carbonyl (C=O) groups excluding carboxylic acids is 1. The van der Waals surface area contributed by atoms with E-state index in [9.17, 15) is 9.59 Å². The van der Waals surface area contributed by atoms with Crippen molar-refractivity contribution < 1.29 is 14.7 Å². The van der Waals surface area contributed by atoms with E-state index < -0.39 is 12.0 Å². The molecule has 0 aromatic carbocycles. The van der Waals surface area contributed by atoms with Crippen molar-refractivity contribution in [3.05, 3.63) is 0 Å². The molecule has 0 unspecified atom stereocenters. The smallest absolute Gasteiger partial charge is 0.326 e. The summed E-state index contributed by atoms with van der Waals surface area (Å²) in [6, 6.07) is -0.981. The van der Waals surface area contributed by atoms with Gasteiger partial charge in [-0.05, 0) is 38.8 Å². The summed E-state index contributed by atoms with van der Waals surface area (Å²) in [6.07, 6.45) is 3.46. The van der Waals surface area contributed by atoms with E-state index in [1.54, 1.807) is 14.0 Å². The van der Waals surface area contributed by atoms with Crippen LogP contribution in [0.2, 0.25) is 0 Å². The highest BCUT2D eigenvalue weighted by atomic mass is 16.4. The SMILES string of the molecule is CC(C)[C@@H](C(=O)N(C)[C@H](C)C(=O)O)N1CCCCC1. The third-order valence-electron chi connectivity index (χ3n) is 3.95. The standard InChI is InChI=1S/C14H26N2O3/c1-10(2)12(16-8-6-5-7-9-16)13(17)15(4)11(3)14(18)19/h10-12H,5-9H2,1-4H3,(H,18,19)/t11-,12+/m1/s1. The van der Waals surface area contributed by atoms with Crippen molar-refractivity contribution >= 4 is 11.9 Å². The monoisotopic (exact) mass is 270 g/mol. The normalized spacial score (nSPS) is 20.1. The summed E-state index contributed by atoms with van der Waals surface area (Å²) in [6.45, 7) is 7.47. The van der Waals surface area contributed by atoms with Crippen LogP contribution < -0.4 is 0 Å². The largest absolute Gasteiger partial charge is 0.480 e. The molecule has 1 rings (SSSR count). The van der Waals surface area contributed by atoms with Crippen LogP contribution in [0.3, 0.4) is 0 Å². The minimum absolute atomic E-state index is 0.0770. The lowest BCUT2D eigenvalue weighted by atomic mass is 9.97. The second-order valence-electron chi connectivity index (χ2n) is 5.75. The Morgan fingerprint density at radius 1 is 1.11 bits per heavy atom. The molecule has 1 aliphatic heterocycles. The number of carbonyl (C=O) groups is 2. The van der Waals surface area contributed by atoms with E-state index in [0.717, 1.165) is 25.9 Å². The molecule has 5 heteroatoms. The van der Waals surface area contributed by atoms with Gasteiger partial charge >= 0.3 is 5.97 Å². The highest BCUT2D eigenvalue weighted by molar-refractivity contribution is 5.86. The Labute approximate surface area is 115 Å². The number of nitrogens with zero attached hydrogens (tertiary/aromatic N) is 2. The molecule has 0 bridgehead atoms. The molecule has 1 aliphatic rings. The fourth-order valence-corrected chi connectivity index (χ4v) is 2.62. The van der Waals surface area contributed by atoms with Crippen LogP contribution in [0.1, 0.15) is 40.0 Å². The number of aliphatic carboxylic acids is 1. The lowest BCUT2D eigenvalue weighted by Gasteiger charge is -2.38. The maximum Gasteiger partial charge on any atom is 0.326 e. The molecule has 0 aromatic heterocycles. The number of piperidine rings is 1. The second kappa shape index (κ2) is 6.89. The third-order valence-corrected chi connectivity index (χ3v) is 3.95. The van der Waals surface area contributed by atoms with E-state index in [1.807, 2.05) is 13.8 Å². The summed E-state index contributed by atoms with van der Waals surface area (Å²) < 4.78 is 0. The van der Waals surface area contributed by atoms with Crippen molar-refractivity contribution in [2.24, 2.45) is 5.92 Å². The average molecular weight is 270 g/mol. The summed E-state index contributed by atoms with van der Waals surface area (Å²) in [5.74, 6) is -0.849. The van der Waals surface area contributed by atoms with Crippen LogP contribution >= 0.6 is 0 Å². The zero-order chi connectivity index (χ0) is 14.6. The van der Waals surface area contributed by atoms with Gasteiger partial charge < -0.3 is 10.0 Å². The van der Waals surface area contributed by atoms with Gasteiger partial charge in [-0.3, -0.25) is 9.69 Å². The van der Waals surface area contributed by atoms with Crippen LogP contribution in [0.4, 0.5) is 0 Å². The molecule has 0 spiro atoms. The Morgan fingerprint density at radius 2 is 1.63 bits per heavy atom. The van der Waals surface area contributed by atoms with Crippen molar-refractivity contribution in [1.29, 1.82) is 0 Å². The van der Waals surface area contributed by atoms with Gasteiger partial charge in [0.15, 0.2) is 0 Å². The third kappa shape index (κ3) is 3.93. The zero-order valence-corrected chi connectivity index (χ0v) is 12.4. The Hall–Kier alpha value is -1.10. The molecule has 110 valence electrons. The molecule has 0 aromatic rings. The number of rotatable bonds is 5. The van der Waals surface area contributed by atoms with Gasteiger partial charge in [0.1, 0.15) is 6.04 Å². The van der Waals surface area contributed by atoms with Crippen molar-refractivity contribution in [3.63, 3.8) is 0 Å². The fraction of sp³-hybridized carbons (Fsp3) is 0.857. The van der Waals surface area contributed by atoms with Gasteiger partial charge in [-0.25, -0.2) is 4.79 Å². The fourth-order valence-electron chi connectivity index (χ4n) is 2.62. The Balaban J connectivity index is 2.80. The van der Waals surface area contributed by atoms with Crippen LogP contribution in [0.5, 0.6) is 0 Å². The number of carboxylic acid groups (broad SMARTS) is 1. The molecule has 1 saturated heterocycles. The quantitative estimate of drug-likeness (QED) is 0.821. The van der Waals surface area contributed by atoms with Gasteiger partial charge in [-0.15, -0.1) is 0 Å². The molecule has 0 aliphatic carbocycles. The van der Waals surface area contributed by atoms with E-state index >= 15 is 0 Å². The predicted octanol–water partition coefficient (Wildman–Crippen LogP) is 1.43. The minimum Gasteiger partial charge on any atom is -0.480 e. The highest BCUT2D eigenvalue weighted by Crippen LogP contribution is 2.20. The van der Waals surface area contributed by atoms with Crippen molar-refractivity contribution in [3.8, 4) is 0 Å². The number of likely N-dealkylation sites (N-methyl/N-ethyl adjacent to an activating group) is 1. The molecule has 5 nitrogen and oxygen atoms in total. The molecule has 19 heavy (non-hydrogen) atoms. The first-order chi connectivity index (χ1) is 8.86. The van der Waals surface area contributed by atoms with E-state index in [-0.39, 0.29) is 17.9 Å². The van der Waals surface area contributed by atoms with Crippen LogP contribution in [0.25, 0.3) is 0 Å². The molecule has 1 N–H and O–H groups in total. The van der Waals surface area contributed by atoms with Gasteiger partial charge in [0.05, 0.1) is 6.04 Å². The maximum atomic E-state index is 12.6. The first-order valence-corrected chi connectivity index (χ1v) is 7.09. The second-order valence-corrected chi connectivity index (χ2v) is 5.75. The predicted molar refractivity (Wildman–Crippen MR) is 73.9 cm³/mol. The average Bonchev–Trinajstić information content (AvgIpc) is 2.37. The summed E-state index contributed by atoms with van der Waals surface area (Å²) >= 11 is 0. The number of hydrogen-bond acceptors (Lipinski definition) is 3. The number of hydrogen-bond donors (Lipinski definition) is 1.